The summed E-state index contributed by atoms with van der Waals surface area (Å²) in [5, 5.41) is 11.8. The third-order valence-corrected chi connectivity index (χ3v) is 6.75. The first-order valence-electron chi connectivity index (χ1n) is 10.4. The molecule has 1 atom stereocenters. The molecule has 2 fully saturated rings. The zero-order valence-corrected chi connectivity index (χ0v) is 17.4. The predicted molar refractivity (Wildman–Crippen MR) is 112 cm³/mol. The average Bonchev–Trinajstić information content (AvgIpc) is 3.05. The van der Waals surface area contributed by atoms with Crippen molar-refractivity contribution in [3.63, 3.8) is 0 Å². The molecule has 1 heterocycles. The van der Waals surface area contributed by atoms with Gasteiger partial charge in [0, 0.05) is 5.56 Å². The Morgan fingerprint density at radius 3 is 2.34 bits per heavy atom. The van der Waals surface area contributed by atoms with Crippen LogP contribution < -0.4 is 0 Å². The summed E-state index contributed by atoms with van der Waals surface area (Å²) in [4.78, 5) is 27.0. The van der Waals surface area contributed by atoms with E-state index in [1.165, 1.54) is 4.90 Å². The highest BCUT2D eigenvalue weighted by Crippen LogP contribution is 2.47. The molecule has 1 unspecified atom stereocenters. The Morgan fingerprint density at radius 1 is 1.07 bits per heavy atom. The highest BCUT2D eigenvalue weighted by atomic mass is 16.5. The lowest BCUT2D eigenvalue weighted by atomic mass is 9.70. The summed E-state index contributed by atoms with van der Waals surface area (Å²) in [6.45, 7) is 6.77. The van der Waals surface area contributed by atoms with E-state index >= 15 is 0 Å². The molecule has 1 amide bonds. The molecule has 5 heteroatoms. The van der Waals surface area contributed by atoms with Gasteiger partial charge in [0.25, 0.3) is 5.91 Å². The molecule has 4 rings (SSSR count). The van der Waals surface area contributed by atoms with Gasteiger partial charge in [-0.25, -0.2) is 4.79 Å². The van der Waals surface area contributed by atoms with Crippen LogP contribution in [0.4, 0.5) is 0 Å². The Morgan fingerprint density at radius 2 is 1.72 bits per heavy atom. The van der Waals surface area contributed by atoms with Crippen LogP contribution in [0.1, 0.15) is 56.8 Å². The van der Waals surface area contributed by atoms with E-state index in [9.17, 15) is 14.7 Å². The molecule has 154 valence electrons. The van der Waals surface area contributed by atoms with Gasteiger partial charge in [0.1, 0.15) is 5.72 Å². The quantitative estimate of drug-likeness (QED) is 0.800. The molecule has 1 saturated heterocycles. The van der Waals surface area contributed by atoms with Gasteiger partial charge in [-0.15, -0.1) is 0 Å². The Bertz CT molecular complexity index is 937. The summed E-state index contributed by atoms with van der Waals surface area (Å²) in [6.07, 6.45) is 3.21. The van der Waals surface area contributed by atoms with Crippen molar-refractivity contribution in [1.82, 2.24) is 4.90 Å². The van der Waals surface area contributed by atoms with Gasteiger partial charge in [0.05, 0.1) is 6.61 Å². The van der Waals surface area contributed by atoms with Gasteiger partial charge >= 0.3 is 5.97 Å². The first-order chi connectivity index (χ1) is 13.7. The second-order valence-electron chi connectivity index (χ2n) is 9.49. The number of rotatable bonds is 2. The van der Waals surface area contributed by atoms with Crippen molar-refractivity contribution in [3.05, 3.63) is 48.0 Å². The van der Waals surface area contributed by atoms with Crippen LogP contribution in [0, 0.1) is 11.3 Å². The van der Waals surface area contributed by atoms with E-state index in [2.05, 4.69) is 20.8 Å². The number of hydrogen-bond donors (Lipinski definition) is 1. The number of carbonyl (C=O) groups excluding carboxylic acids is 1. The van der Waals surface area contributed by atoms with Crippen LogP contribution in [-0.4, -0.2) is 40.3 Å². The van der Waals surface area contributed by atoms with Gasteiger partial charge in [0.2, 0.25) is 0 Å². The zero-order chi connectivity index (χ0) is 20.8. The van der Waals surface area contributed by atoms with E-state index in [4.69, 9.17) is 4.74 Å². The third-order valence-electron chi connectivity index (χ3n) is 6.75. The topological polar surface area (TPSA) is 66.8 Å². The maximum atomic E-state index is 13.5. The molecule has 1 aliphatic heterocycles. The van der Waals surface area contributed by atoms with Crippen molar-refractivity contribution in [2.24, 2.45) is 11.3 Å². The Labute approximate surface area is 171 Å². The first kappa shape index (κ1) is 19.9. The fourth-order valence-corrected chi connectivity index (χ4v) is 4.95. The number of carboxylic acid groups (broad SMARTS) is 1. The van der Waals surface area contributed by atoms with E-state index < -0.39 is 17.7 Å². The molecule has 5 nitrogen and oxygen atoms in total. The summed E-state index contributed by atoms with van der Waals surface area (Å²) >= 11 is 0. The van der Waals surface area contributed by atoms with Gasteiger partial charge < -0.3 is 9.84 Å². The minimum atomic E-state index is -1.01. The first-order valence-corrected chi connectivity index (χ1v) is 10.4. The van der Waals surface area contributed by atoms with E-state index in [-0.39, 0.29) is 17.9 Å². The second-order valence-corrected chi connectivity index (χ2v) is 9.49. The normalized spacial score (nSPS) is 27.5. The van der Waals surface area contributed by atoms with Gasteiger partial charge in [-0.1, -0.05) is 51.1 Å². The number of hydrogen-bond acceptors (Lipinski definition) is 3. The number of fused-ring (bicyclic) bond motifs is 1. The maximum Gasteiger partial charge on any atom is 0.328 e. The predicted octanol–water partition coefficient (Wildman–Crippen LogP) is 4.70. The van der Waals surface area contributed by atoms with Crippen molar-refractivity contribution in [2.75, 3.05) is 6.61 Å². The summed E-state index contributed by atoms with van der Waals surface area (Å²) < 4.78 is 6.08. The average molecular weight is 395 g/mol. The van der Waals surface area contributed by atoms with E-state index in [0.717, 1.165) is 23.6 Å². The number of aliphatic carboxylic acids is 1. The molecule has 2 aromatic rings. The molecule has 29 heavy (non-hydrogen) atoms. The van der Waals surface area contributed by atoms with E-state index in [1.807, 2.05) is 36.4 Å². The Hall–Kier alpha value is -2.40. The number of carbonyl (C=O) groups is 2. The number of ether oxygens (including phenoxy) is 1. The summed E-state index contributed by atoms with van der Waals surface area (Å²) in [5.41, 5.74) is -0.106. The van der Waals surface area contributed by atoms with E-state index in [0.29, 0.717) is 24.3 Å². The molecule has 0 bridgehead atoms. The lowest BCUT2D eigenvalue weighted by Crippen LogP contribution is -2.55. The van der Waals surface area contributed by atoms with Crippen LogP contribution in [0.5, 0.6) is 0 Å². The molecule has 1 aliphatic carbocycles. The van der Waals surface area contributed by atoms with E-state index in [1.54, 1.807) is 6.07 Å². The van der Waals surface area contributed by atoms with Crippen molar-refractivity contribution >= 4 is 22.6 Å². The smallest absolute Gasteiger partial charge is 0.328 e. The van der Waals surface area contributed by atoms with Crippen molar-refractivity contribution in [1.29, 1.82) is 0 Å². The molecular formula is C24H29NO4. The van der Waals surface area contributed by atoms with Gasteiger partial charge in [-0.3, -0.25) is 9.69 Å². The molecule has 1 N–H and O–H groups in total. The third kappa shape index (κ3) is 3.52. The largest absolute Gasteiger partial charge is 0.480 e. The molecule has 0 radical (unpaired) electrons. The highest BCUT2D eigenvalue weighted by molar-refractivity contribution is 6.00. The summed E-state index contributed by atoms with van der Waals surface area (Å²) in [6, 6.07) is 12.5. The Kier molecular flexibility index (Phi) is 4.89. The van der Waals surface area contributed by atoms with Crippen LogP contribution in [0.15, 0.2) is 42.5 Å². The van der Waals surface area contributed by atoms with Crippen LogP contribution in [-0.2, 0) is 9.53 Å². The Balaban J connectivity index is 1.67. The number of amides is 1. The molecule has 2 aromatic carbocycles. The molecule has 1 saturated carbocycles. The molecule has 0 aromatic heterocycles. The molecule has 2 aliphatic rings. The monoisotopic (exact) mass is 395 g/mol. The fourth-order valence-electron chi connectivity index (χ4n) is 4.95. The lowest BCUT2D eigenvalue weighted by molar-refractivity contribution is -0.144. The minimum Gasteiger partial charge on any atom is -0.480 e. The van der Waals surface area contributed by atoms with Crippen LogP contribution in [0.3, 0.4) is 0 Å². The van der Waals surface area contributed by atoms with Gasteiger partial charge in [-0.05, 0) is 59.9 Å². The number of nitrogens with zero attached hydrogens (tertiary/aromatic N) is 1. The standard InChI is InChI=1S/C24H29NO4/c1-23(2,3)19-10-12-24(13-11-19)25(20(15-29-24)22(27)28)21(26)18-9-8-16-6-4-5-7-17(16)14-18/h4-9,14,19-20H,10-13,15H2,1-3H3,(H,27,28). The number of benzene rings is 2. The summed E-state index contributed by atoms with van der Waals surface area (Å²) in [7, 11) is 0. The zero-order valence-electron chi connectivity index (χ0n) is 17.4. The van der Waals surface area contributed by atoms with Gasteiger partial charge in [-0.2, -0.15) is 0 Å². The summed E-state index contributed by atoms with van der Waals surface area (Å²) in [5.74, 6) is -0.720. The second kappa shape index (κ2) is 7.13. The maximum absolute atomic E-state index is 13.5. The lowest BCUT2D eigenvalue weighted by Gasteiger charge is -2.46. The molecular weight excluding hydrogens is 366 g/mol. The minimum absolute atomic E-state index is 0.0504. The van der Waals surface area contributed by atoms with Crippen molar-refractivity contribution < 1.29 is 19.4 Å². The van der Waals surface area contributed by atoms with Crippen LogP contribution in [0.2, 0.25) is 0 Å². The van der Waals surface area contributed by atoms with Crippen LogP contribution >= 0.6 is 0 Å². The van der Waals surface area contributed by atoms with Crippen LogP contribution in [0.25, 0.3) is 10.8 Å². The van der Waals surface area contributed by atoms with Crippen molar-refractivity contribution in [3.8, 4) is 0 Å². The highest BCUT2D eigenvalue weighted by Gasteiger charge is 2.54. The molecule has 1 spiro atoms. The number of carboxylic acids is 1. The van der Waals surface area contributed by atoms with Gasteiger partial charge in [0.15, 0.2) is 6.04 Å². The van der Waals surface area contributed by atoms with Crippen molar-refractivity contribution in [2.45, 2.75) is 58.2 Å². The fraction of sp³-hybridized carbons (Fsp3) is 0.500. The SMILES string of the molecule is CC(C)(C)C1CCC2(CC1)OCC(C(=O)O)N2C(=O)c1ccc2ccccc2c1.